The Balaban J connectivity index is 2.10. The number of carbonyl (C=O) groups excluding carboxylic acids is 4. The number of esters is 1. The van der Waals surface area contributed by atoms with Gasteiger partial charge in [-0.2, -0.15) is 13.2 Å². The Morgan fingerprint density at radius 3 is 2.07 bits per heavy atom. The van der Waals surface area contributed by atoms with E-state index in [1.807, 2.05) is 26.8 Å². The number of ether oxygens (including phenoxy) is 1. The third-order valence-corrected chi connectivity index (χ3v) is 8.36. The molecule has 0 aromatic heterocycles. The summed E-state index contributed by atoms with van der Waals surface area (Å²) in [5.41, 5.74) is -0.948. The third-order valence-electron chi connectivity index (χ3n) is 8.36. The number of aryl methyl sites for hydroxylation is 1. The second-order valence-electron chi connectivity index (χ2n) is 12.6. The second-order valence-corrected chi connectivity index (χ2v) is 12.6. The molecule has 0 radical (unpaired) electrons. The first-order valence-corrected chi connectivity index (χ1v) is 16.5. The summed E-state index contributed by atoms with van der Waals surface area (Å²) in [6, 6.07) is 11.5. The van der Waals surface area contributed by atoms with Gasteiger partial charge in [-0.15, -0.1) is 0 Å². The SMILES string of the molecule is CCCCCCCCCC(C)C(=O)NC(C(=O)C[C@@H](Cc1ccccc1)C(=O)COC(=O)c1c(C)cccc1C(F)(F)F)C(C)C. The molecule has 0 aliphatic rings. The molecule has 0 heterocycles. The number of rotatable bonds is 20. The van der Waals surface area contributed by atoms with Crippen LogP contribution in [-0.4, -0.2) is 36.1 Å². The summed E-state index contributed by atoms with van der Waals surface area (Å²) >= 11 is 0. The maximum Gasteiger partial charge on any atom is 0.417 e. The van der Waals surface area contributed by atoms with Crippen molar-refractivity contribution in [3.8, 4) is 0 Å². The van der Waals surface area contributed by atoms with Gasteiger partial charge in [-0.25, -0.2) is 4.79 Å². The van der Waals surface area contributed by atoms with Gasteiger partial charge >= 0.3 is 12.1 Å². The Morgan fingerprint density at radius 1 is 0.826 bits per heavy atom. The van der Waals surface area contributed by atoms with E-state index in [9.17, 15) is 32.3 Å². The molecule has 0 aliphatic carbocycles. The lowest BCUT2D eigenvalue weighted by Gasteiger charge is -2.25. The molecule has 1 amide bonds. The van der Waals surface area contributed by atoms with E-state index >= 15 is 0 Å². The fourth-order valence-corrected chi connectivity index (χ4v) is 5.52. The lowest BCUT2D eigenvalue weighted by Crippen LogP contribution is -2.47. The topological polar surface area (TPSA) is 89.5 Å². The van der Waals surface area contributed by atoms with Crippen molar-refractivity contribution < 1.29 is 37.1 Å². The van der Waals surface area contributed by atoms with Crippen molar-refractivity contribution in [1.29, 1.82) is 0 Å². The number of carbonyl (C=O) groups is 4. The van der Waals surface area contributed by atoms with Gasteiger partial charge in [-0.3, -0.25) is 14.4 Å². The molecular formula is C37H50F3NO5. The van der Waals surface area contributed by atoms with E-state index in [4.69, 9.17) is 4.74 Å². The predicted molar refractivity (Wildman–Crippen MR) is 173 cm³/mol. The lowest BCUT2D eigenvalue weighted by molar-refractivity contribution is -0.138. The number of benzene rings is 2. The van der Waals surface area contributed by atoms with Crippen LogP contribution < -0.4 is 5.32 Å². The van der Waals surface area contributed by atoms with E-state index in [0.717, 1.165) is 37.3 Å². The van der Waals surface area contributed by atoms with Crippen LogP contribution in [0.25, 0.3) is 0 Å². The Hall–Kier alpha value is -3.49. The number of hydrogen-bond acceptors (Lipinski definition) is 5. The van der Waals surface area contributed by atoms with E-state index in [1.165, 1.54) is 44.7 Å². The first kappa shape index (κ1) is 38.7. The molecule has 2 unspecified atom stereocenters. The molecule has 0 bridgehead atoms. The number of amides is 1. The average molecular weight is 646 g/mol. The Labute approximate surface area is 271 Å². The highest BCUT2D eigenvalue weighted by Crippen LogP contribution is 2.33. The summed E-state index contributed by atoms with van der Waals surface area (Å²) in [4.78, 5) is 52.8. The number of unbranched alkanes of at least 4 members (excludes halogenated alkanes) is 6. The van der Waals surface area contributed by atoms with Crippen LogP contribution in [0.3, 0.4) is 0 Å². The van der Waals surface area contributed by atoms with Gasteiger partial charge in [0, 0.05) is 18.3 Å². The highest BCUT2D eigenvalue weighted by Gasteiger charge is 2.37. The molecule has 9 heteroatoms. The van der Waals surface area contributed by atoms with E-state index < -0.39 is 47.6 Å². The summed E-state index contributed by atoms with van der Waals surface area (Å²) in [6.07, 6.45) is 3.86. The maximum atomic E-state index is 13.6. The van der Waals surface area contributed by atoms with Gasteiger partial charge in [0.05, 0.1) is 17.2 Å². The highest BCUT2D eigenvalue weighted by atomic mass is 19.4. The van der Waals surface area contributed by atoms with Gasteiger partial charge in [0.15, 0.2) is 18.2 Å². The second kappa shape index (κ2) is 19.2. The van der Waals surface area contributed by atoms with Gasteiger partial charge in [0.2, 0.25) is 5.91 Å². The first-order chi connectivity index (χ1) is 21.8. The van der Waals surface area contributed by atoms with Crippen molar-refractivity contribution in [3.05, 3.63) is 70.8 Å². The monoisotopic (exact) mass is 645 g/mol. The van der Waals surface area contributed by atoms with Gasteiger partial charge in [-0.1, -0.05) is 115 Å². The summed E-state index contributed by atoms with van der Waals surface area (Å²) in [6.45, 7) is 8.24. The first-order valence-electron chi connectivity index (χ1n) is 16.5. The van der Waals surface area contributed by atoms with Crippen LogP contribution in [0.15, 0.2) is 48.5 Å². The van der Waals surface area contributed by atoms with Crippen molar-refractivity contribution >= 4 is 23.4 Å². The van der Waals surface area contributed by atoms with Gasteiger partial charge < -0.3 is 10.1 Å². The molecule has 0 aliphatic heterocycles. The molecule has 0 fully saturated rings. The van der Waals surface area contributed by atoms with Crippen LogP contribution in [0.1, 0.15) is 113 Å². The van der Waals surface area contributed by atoms with Crippen molar-refractivity contribution in [1.82, 2.24) is 5.32 Å². The zero-order valence-corrected chi connectivity index (χ0v) is 27.9. The number of nitrogens with one attached hydrogen (secondary N) is 1. The number of alkyl halides is 3. The standard InChI is InChI=1S/C37H50F3NO5/c1-6-7-8-9-10-11-13-17-27(5)35(44)41-34(25(2)3)31(42)23-29(22-28-19-14-12-15-20-28)32(43)24-46-36(45)33-26(4)18-16-21-30(33)37(38,39)40/h12,14-16,18-21,25,27,29,34H,6-11,13,17,22-24H2,1-5H3,(H,41,44)/t27?,29-,34?/m1/s1. The normalized spacial score (nSPS) is 13.6. The quantitative estimate of drug-likeness (QED) is 0.115. The molecule has 0 saturated heterocycles. The fraction of sp³-hybridized carbons (Fsp3) is 0.568. The molecule has 0 spiro atoms. The largest absolute Gasteiger partial charge is 0.454 e. The Kier molecular flexibility index (Phi) is 16.2. The fourth-order valence-electron chi connectivity index (χ4n) is 5.52. The van der Waals surface area contributed by atoms with Crippen LogP contribution >= 0.6 is 0 Å². The van der Waals surface area contributed by atoms with Crippen molar-refractivity contribution in [2.45, 2.75) is 111 Å². The molecule has 46 heavy (non-hydrogen) atoms. The molecule has 3 atom stereocenters. The number of ketones is 2. The van der Waals surface area contributed by atoms with E-state index in [2.05, 4.69) is 12.2 Å². The smallest absolute Gasteiger partial charge is 0.417 e. The predicted octanol–water partition coefficient (Wildman–Crippen LogP) is 8.48. The van der Waals surface area contributed by atoms with Gasteiger partial charge in [0.1, 0.15) is 0 Å². The minimum Gasteiger partial charge on any atom is -0.454 e. The summed E-state index contributed by atoms with van der Waals surface area (Å²) in [5, 5.41) is 2.90. The van der Waals surface area contributed by atoms with Crippen LogP contribution in [0.4, 0.5) is 13.2 Å². The lowest BCUT2D eigenvalue weighted by atomic mass is 9.86. The Morgan fingerprint density at radius 2 is 1.46 bits per heavy atom. The number of halogens is 3. The Bertz CT molecular complexity index is 1280. The summed E-state index contributed by atoms with van der Waals surface area (Å²) in [5.74, 6) is -3.81. The maximum absolute atomic E-state index is 13.6. The minimum atomic E-state index is -4.78. The molecule has 6 nitrogen and oxygen atoms in total. The molecule has 254 valence electrons. The van der Waals surface area contributed by atoms with Crippen LogP contribution in [0.2, 0.25) is 0 Å². The zero-order chi connectivity index (χ0) is 34.3. The molecule has 0 saturated carbocycles. The van der Waals surface area contributed by atoms with Crippen LogP contribution in [0.5, 0.6) is 0 Å². The van der Waals surface area contributed by atoms with Crippen molar-refractivity contribution in [2.24, 2.45) is 17.8 Å². The third kappa shape index (κ3) is 12.7. The van der Waals surface area contributed by atoms with Gasteiger partial charge in [-0.05, 0) is 42.9 Å². The summed E-state index contributed by atoms with van der Waals surface area (Å²) < 4.78 is 45.8. The minimum absolute atomic E-state index is 0.0695. The van der Waals surface area contributed by atoms with E-state index in [1.54, 1.807) is 24.3 Å². The number of Topliss-reactive ketones (excluding diaryl/α,β-unsaturated/α-hetero) is 2. The molecular weight excluding hydrogens is 595 g/mol. The van der Waals surface area contributed by atoms with Crippen molar-refractivity contribution in [3.63, 3.8) is 0 Å². The molecule has 1 N–H and O–H groups in total. The van der Waals surface area contributed by atoms with Crippen LogP contribution in [-0.2, 0) is 31.7 Å². The zero-order valence-electron chi connectivity index (χ0n) is 27.9. The molecule has 2 rings (SSSR count). The average Bonchev–Trinajstić information content (AvgIpc) is 3.00. The van der Waals surface area contributed by atoms with Gasteiger partial charge in [0.25, 0.3) is 0 Å². The molecule has 2 aromatic carbocycles. The van der Waals surface area contributed by atoms with Crippen LogP contribution in [0, 0.1) is 24.7 Å². The highest BCUT2D eigenvalue weighted by molar-refractivity contribution is 5.96. The summed E-state index contributed by atoms with van der Waals surface area (Å²) in [7, 11) is 0. The number of hydrogen-bond donors (Lipinski definition) is 1. The van der Waals surface area contributed by atoms with E-state index in [0.29, 0.717) is 0 Å². The van der Waals surface area contributed by atoms with E-state index in [-0.39, 0.29) is 41.9 Å². The molecule has 2 aromatic rings. The van der Waals surface area contributed by atoms with Crippen molar-refractivity contribution in [2.75, 3.05) is 6.61 Å².